The number of hydrogen-bond donors (Lipinski definition) is 0. The molecule has 0 saturated carbocycles. The van der Waals surface area contributed by atoms with E-state index in [2.05, 4.69) is 68.5 Å². The van der Waals surface area contributed by atoms with E-state index in [1.165, 1.54) is 36.0 Å². The lowest BCUT2D eigenvalue weighted by Gasteiger charge is -2.32. The summed E-state index contributed by atoms with van der Waals surface area (Å²) in [5.41, 5.74) is 5.51. The molecule has 0 saturated heterocycles. The van der Waals surface area contributed by atoms with Crippen molar-refractivity contribution in [3.05, 3.63) is 56.3 Å². The number of allylic oxidation sites excluding steroid dienone is 10. The van der Waals surface area contributed by atoms with Crippen LogP contribution in [0.25, 0.3) is 0 Å². The third-order valence-electron chi connectivity index (χ3n) is 4.24. The molecule has 0 unspecified atom stereocenters. The molecule has 1 nitrogen and oxygen atoms in total. The SMILES string of the molecule is CC1=C(/C=C/C(C)=C/C=C/C(C)=C(\I)C=O)C(C)(C)CCC1. The van der Waals surface area contributed by atoms with Crippen molar-refractivity contribution < 1.29 is 4.79 Å². The predicted molar refractivity (Wildman–Crippen MR) is 105 cm³/mol. The summed E-state index contributed by atoms with van der Waals surface area (Å²) in [6.07, 6.45) is 15.2. The van der Waals surface area contributed by atoms with Crippen LogP contribution in [-0.4, -0.2) is 6.29 Å². The van der Waals surface area contributed by atoms with Gasteiger partial charge in [-0.1, -0.05) is 55.4 Å². The second-order valence-electron chi connectivity index (χ2n) is 6.68. The number of halogens is 1. The smallest absolute Gasteiger partial charge is 0.156 e. The first kappa shape index (κ1) is 19.1. The van der Waals surface area contributed by atoms with E-state index in [0.717, 1.165) is 15.4 Å². The molecule has 1 aliphatic rings. The molecule has 0 N–H and O–H groups in total. The monoisotopic (exact) mass is 410 g/mol. The highest BCUT2D eigenvalue weighted by Crippen LogP contribution is 2.40. The third-order valence-corrected chi connectivity index (χ3v) is 5.35. The molecular weight excluding hydrogens is 383 g/mol. The first-order chi connectivity index (χ1) is 10.3. The van der Waals surface area contributed by atoms with E-state index in [1.54, 1.807) is 0 Å². The molecule has 0 radical (unpaired) electrons. The van der Waals surface area contributed by atoms with Crippen LogP contribution in [0.2, 0.25) is 0 Å². The maximum absolute atomic E-state index is 10.7. The number of rotatable bonds is 5. The molecule has 0 atom stereocenters. The highest BCUT2D eigenvalue weighted by molar-refractivity contribution is 14.1. The summed E-state index contributed by atoms with van der Waals surface area (Å²) in [5, 5.41) is 0. The molecule has 0 aromatic carbocycles. The standard InChI is InChI=1S/C20H27IO/c1-15(8-6-9-17(3)19(21)14-22)11-12-18-16(2)10-7-13-20(18,4)5/h6,8-9,11-12,14H,7,10,13H2,1-5H3/b9-6+,12-11+,15-8+,19-17-. The first-order valence-electron chi connectivity index (χ1n) is 7.83. The fourth-order valence-electron chi connectivity index (χ4n) is 2.80. The minimum atomic E-state index is 0.286. The van der Waals surface area contributed by atoms with Crippen molar-refractivity contribution in [3.63, 3.8) is 0 Å². The Morgan fingerprint density at radius 1 is 1.23 bits per heavy atom. The van der Waals surface area contributed by atoms with E-state index in [-0.39, 0.29) is 5.41 Å². The number of carbonyl (C=O) groups excluding carboxylic acids is 1. The Kier molecular flexibility index (Phi) is 7.54. The van der Waals surface area contributed by atoms with Crippen molar-refractivity contribution in [3.8, 4) is 0 Å². The summed E-state index contributed by atoms with van der Waals surface area (Å²) in [5.74, 6) is 0. The molecule has 0 bridgehead atoms. The van der Waals surface area contributed by atoms with Gasteiger partial charge >= 0.3 is 0 Å². The summed E-state index contributed by atoms with van der Waals surface area (Å²) >= 11 is 2.06. The van der Waals surface area contributed by atoms with E-state index in [0.29, 0.717) is 0 Å². The van der Waals surface area contributed by atoms with Gasteiger partial charge in [0.25, 0.3) is 0 Å². The van der Waals surface area contributed by atoms with E-state index in [4.69, 9.17) is 0 Å². The summed E-state index contributed by atoms with van der Waals surface area (Å²) < 4.78 is 0.750. The second-order valence-corrected chi connectivity index (χ2v) is 7.85. The van der Waals surface area contributed by atoms with E-state index in [1.807, 2.05) is 19.1 Å². The van der Waals surface area contributed by atoms with Crippen LogP contribution in [0.5, 0.6) is 0 Å². The van der Waals surface area contributed by atoms with Crippen molar-refractivity contribution in [2.45, 2.75) is 53.9 Å². The Labute approximate surface area is 149 Å². The van der Waals surface area contributed by atoms with Crippen molar-refractivity contribution >= 4 is 28.9 Å². The Bertz CT molecular complexity index is 569. The lowest BCUT2D eigenvalue weighted by Crippen LogP contribution is -2.19. The Hall–Kier alpha value is -0.900. The van der Waals surface area contributed by atoms with Gasteiger partial charge in [-0.25, -0.2) is 0 Å². The van der Waals surface area contributed by atoms with Crippen molar-refractivity contribution in [2.75, 3.05) is 0 Å². The van der Waals surface area contributed by atoms with Gasteiger partial charge in [0.05, 0.1) is 3.58 Å². The minimum Gasteiger partial charge on any atom is -0.297 e. The highest BCUT2D eigenvalue weighted by atomic mass is 127. The molecule has 0 aromatic heterocycles. The largest absolute Gasteiger partial charge is 0.297 e. The van der Waals surface area contributed by atoms with Crippen LogP contribution in [0.3, 0.4) is 0 Å². The molecule has 0 fully saturated rings. The van der Waals surface area contributed by atoms with Gasteiger partial charge in [0.2, 0.25) is 0 Å². The molecule has 0 amide bonds. The maximum Gasteiger partial charge on any atom is 0.156 e. The summed E-state index contributed by atoms with van der Waals surface area (Å²) in [4.78, 5) is 10.7. The van der Waals surface area contributed by atoms with Crippen molar-refractivity contribution in [2.24, 2.45) is 5.41 Å². The fourth-order valence-corrected chi connectivity index (χ4v) is 2.98. The quantitative estimate of drug-likeness (QED) is 0.219. The molecule has 0 spiro atoms. The van der Waals surface area contributed by atoms with Crippen LogP contribution in [0.1, 0.15) is 53.9 Å². The topological polar surface area (TPSA) is 17.1 Å². The van der Waals surface area contributed by atoms with Gasteiger partial charge in [0.1, 0.15) is 0 Å². The van der Waals surface area contributed by atoms with Gasteiger partial charge in [0.15, 0.2) is 6.29 Å². The van der Waals surface area contributed by atoms with Crippen molar-refractivity contribution in [1.82, 2.24) is 0 Å². The fraction of sp³-hybridized carbons (Fsp3) is 0.450. The molecule has 0 aromatic rings. The maximum atomic E-state index is 10.7. The second kappa shape index (κ2) is 8.66. The lowest BCUT2D eigenvalue weighted by atomic mass is 9.72. The molecule has 120 valence electrons. The average Bonchev–Trinajstić information content (AvgIpc) is 2.45. The zero-order chi connectivity index (χ0) is 16.8. The summed E-state index contributed by atoms with van der Waals surface area (Å²) in [6, 6.07) is 0. The van der Waals surface area contributed by atoms with Crippen LogP contribution in [-0.2, 0) is 4.79 Å². The van der Waals surface area contributed by atoms with Gasteiger partial charge in [-0.05, 0) is 79.2 Å². The zero-order valence-electron chi connectivity index (χ0n) is 14.4. The molecule has 0 aliphatic heterocycles. The van der Waals surface area contributed by atoms with E-state index >= 15 is 0 Å². The van der Waals surface area contributed by atoms with Crippen molar-refractivity contribution in [1.29, 1.82) is 0 Å². The Balaban J connectivity index is 2.84. The van der Waals surface area contributed by atoms with E-state index < -0.39 is 0 Å². The summed E-state index contributed by atoms with van der Waals surface area (Å²) in [7, 11) is 0. The summed E-state index contributed by atoms with van der Waals surface area (Å²) in [6.45, 7) is 11.0. The normalized spacial score (nSPS) is 20.7. The predicted octanol–water partition coefficient (Wildman–Crippen LogP) is 6.48. The van der Waals surface area contributed by atoms with Crippen LogP contribution in [0.15, 0.2) is 56.3 Å². The lowest BCUT2D eigenvalue weighted by molar-refractivity contribution is -0.104. The van der Waals surface area contributed by atoms with Crippen LogP contribution >= 0.6 is 22.6 Å². The molecule has 2 heteroatoms. The first-order valence-corrected chi connectivity index (χ1v) is 8.90. The molecule has 1 rings (SSSR count). The van der Waals surface area contributed by atoms with Crippen LogP contribution < -0.4 is 0 Å². The third kappa shape index (κ3) is 5.71. The highest BCUT2D eigenvalue weighted by Gasteiger charge is 2.26. The van der Waals surface area contributed by atoms with Gasteiger partial charge in [-0.3, -0.25) is 4.79 Å². The number of aldehydes is 1. The van der Waals surface area contributed by atoms with Gasteiger partial charge in [-0.2, -0.15) is 0 Å². The average molecular weight is 410 g/mol. The van der Waals surface area contributed by atoms with Gasteiger partial charge < -0.3 is 0 Å². The Morgan fingerprint density at radius 3 is 2.50 bits per heavy atom. The van der Waals surface area contributed by atoms with Gasteiger partial charge in [0, 0.05) is 0 Å². The van der Waals surface area contributed by atoms with E-state index in [9.17, 15) is 4.79 Å². The molecule has 22 heavy (non-hydrogen) atoms. The van der Waals surface area contributed by atoms with Gasteiger partial charge in [-0.15, -0.1) is 0 Å². The minimum absolute atomic E-state index is 0.286. The number of carbonyl (C=O) groups is 1. The Morgan fingerprint density at radius 2 is 1.91 bits per heavy atom. The molecule has 0 heterocycles. The van der Waals surface area contributed by atoms with Crippen LogP contribution in [0, 0.1) is 5.41 Å². The molecule has 1 aliphatic carbocycles. The zero-order valence-corrected chi connectivity index (χ0v) is 16.5. The molecular formula is C20H27IO. The number of hydrogen-bond acceptors (Lipinski definition) is 1. The van der Waals surface area contributed by atoms with Crippen LogP contribution in [0.4, 0.5) is 0 Å².